The van der Waals surface area contributed by atoms with Crippen molar-refractivity contribution in [1.29, 1.82) is 5.26 Å². The van der Waals surface area contributed by atoms with Crippen molar-refractivity contribution < 1.29 is 28.2 Å². The highest BCUT2D eigenvalue weighted by molar-refractivity contribution is 6.32. The fourth-order valence-corrected chi connectivity index (χ4v) is 2.49. The van der Waals surface area contributed by atoms with Gasteiger partial charge in [0.05, 0.1) is 24.9 Å². The Bertz CT molecular complexity index is 1000. The number of nitriles is 1. The monoisotopic (exact) mass is 418 g/mol. The molecule has 0 radical (unpaired) electrons. The van der Waals surface area contributed by atoms with Crippen molar-refractivity contribution in [2.24, 2.45) is 0 Å². The normalized spacial score (nSPS) is 10.7. The molecular formula is C20H16ClFN2O5. The van der Waals surface area contributed by atoms with Crippen LogP contribution in [0.2, 0.25) is 5.02 Å². The highest BCUT2D eigenvalue weighted by atomic mass is 35.5. The second-order valence-electron chi connectivity index (χ2n) is 5.50. The summed E-state index contributed by atoms with van der Waals surface area (Å²) in [4.78, 5) is 23.6. The standard InChI is InChI=1S/C20H16ClFN2O5/c1-27-17-9-12(8-14(21)19(17)29-11-18(25)28-2)7-13(10-23)20(26)24-16-6-4-3-5-15(16)22/h3-9H,11H2,1-2H3,(H,24,26)/b13-7-. The molecule has 1 amide bonds. The highest BCUT2D eigenvalue weighted by Gasteiger charge is 2.16. The van der Waals surface area contributed by atoms with Crippen LogP contribution in [0.25, 0.3) is 6.08 Å². The Morgan fingerprint density at radius 3 is 2.62 bits per heavy atom. The predicted octanol–water partition coefficient (Wildman–Crippen LogP) is 3.59. The van der Waals surface area contributed by atoms with E-state index in [4.69, 9.17) is 21.1 Å². The largest absolute Gasteiger partial charge is 0.493 e. The van der Waals surface area contributed by atoms with Gasteiger partial charge in [-0.15, -0.1) is 0 Å². The van der Waals surface area contributed by atoms with Crippen LogP contribution in [0.15, 0.2) is 42.0 Å². The molecule has 7 nitrogen and oxygen atoms in total. The highest BCUT2D eigenvalue weighted by Crippen LogP contribution is 2.37. The Morgan fingerprint density at radius 1 is 1.28 bits per heavy atom. The van der Waals surface area contributed by atoms with Gasteiger partial charge in [0, 0.05) is 0 Å². The van der Waals surface area contributed by atoms with Crippen LogP contribution in [-0.4, -0.2) is 32.7 Å². The van der Waals surface area contributed by atoms with Crippen molar-refractivity contribution in [2.75, 3.05) is 26.1 Å². The Morgan fingerprint density at radius 2 is 2.00 bits per heavy atom. The molecule has 0 saturated heterocycles. The molecule has 0 fully saturated rings. The molecule has 0 bridgehead atoms. The summed E-state index contributed by atoms with van der Waals surface area (Å²) in [7, 11) is 2.58. The van der Waals surface area contributed by atoms with Crippen molar-refractivity contribution in [2.45, 2.75) is 0 Å². The number of hydrogen-bond donors (Lipinski definition) is 1. The fraction of sp³-hybridized carbons (Fsp3) is 0.150. The van der Waals surface area contributed by atoms with Gasteiger partial charge in [-0.05, 0) is 35.9 Å². The summed E-state index contributed by atoms with van der Waals surface area (Å²) in [5.74, 6) is -1.75. The molecule has 2 aromatic rings. The first kappa shape index (κ1) is 21.7. The first-order valence-corrected chi connectivity index (χ1v) is 8.52. The molecule has 150 valence electrons. The number of hydrogen-bond acceptors (Lipinski definition) is 6. The van der Waals surface area contributed by atoms with E-state index in [1.165, 1.54) is 50.6 Å². The third kappa shape index (κ3) is 5.70. The van der Waals surface area contributed by atoms with Crippen LogP contribution in [0.4, 0.5) is 10.1 Å². The third-order valence-electron chi connectivity index (χ3n) is 3.61. The molecule has 0 aromatic heterocycles. The smallest absolute Gasteiger partial charge is 0.343 e. The number of rotatable bonds is 7. The zero-order valence-corrected chi connectivity index (χ0v) is 16.2. The first-order chi connectivity index (χ1) is 13.9. The SMILES string of the molecule is COC(=O)COc1c(Cl)cc(/C=C(/C#N)C(=O)Nc2ccccc2F)cc1OC. The molecule has 29 heavy (non-hydrogen) atoms. The van der Waals surface area contributed by atoms with E-state index in [0.29, 0.717) is 5.56 Å². The average molecular weight is 419 g/mol. The molecule has 0 spiro atoms. The molecule has 0 saturated carbocycles. The molecule has 1 N–H and O–H groups in total. The summed E-state index contributed by atoms with van der Waals surface area (Å²) in [5.41, 5.74) is 0.0212. The van der Waals surface area contributed by atoms with Gasteiger partial charge in [-0.25, -0.2) is 9.18 Å². The van der Waals surface area contributed by atoms with E-state index in [1.807, 2.05) is 0 Å². The second-order valence-corrected chi connectivity index (χ2v) is 5.91. The molecule has 0 aliphatic rings. The Labute approximate surface area is 171 Å². The first-order valence-electron chi connectivity index (χ1n) is 8.14. The molecule has 0 aliphatic heterocycles. The Balaban J connectivity index is 2.29. The number of nitrogens with zero attached hydrogens (tertiary/aromatic N) is 1. The molecule has 9 heteroatoms. The number of esters is 1. The van der Waals surface area contributed by atoms with E-state index in [1.54, 1.807) is 12.1 Å². The summed E-state index contributed by atoms with van der Waals surface area (Å²) >= 11 is 6.18. The van der Waals surface area contributed by atoms with E-state index in [0.717, 1.165) is 0 Å². The fourth-order valence-electron chi connectivity index (χ4n) is 2.22. The van der Waals surface area contributed by atoms with E-state index < -0.39 is 17.7 Å². The van der Waals surface area contributed by atoms with Crippen LogP contribution >= 0.6 is 11.6 Å². The minimum absolute atomic E-state index is 0.0548. The molecule has 2 rings (SSSR count). The van der Waals surface area contributed by atoms with Gasteiger partial charge in [0.2, 0.25) is 0 Å². The maximum Gasteiger partial charge on any atom is 0.343 e. The van der Waals surface area contributed by atoms with Gasteiger partial charge in [-0.1, -0.05) is 23.7 Å². The van der Waals surface area contributed by atoms with Crippen molar-refractivity contribution in [3.63, 3.8) is 0 Å². The number of carbonyl (C=O) groups is 2. The maximum atomic E-state index is 13.7. The zero-order chi connectivity index (χ0) is 21.4. The van der Waals surface area contributed by atoms with Crippen LogP contribution in [0, 0.1) is 17.1 Å². The van der Waals surface area contributed by atoms with E-state index >= 15 is 0 Å². The average Bonchev–Trinajstić information content (AvgIpc) is 2.72. The van der Waals surface area contributed by atoms with Gasteiger partial charge in [0.15, 0.2) is 18.1 Å². The number of benzene rings is 2. The number of methoxy groups -OCH3 is 2. The van der Waals surface area contributed by atoms with Crippen LogP contribution in [0.3, 0.4) is 0 Å². The zero-order valence-electron chi connectivity index (χ0n) is 15.5. The quantitative estimate of drug-likeness (QED) is 0.419. The molecule has 0 heterocycles. The lowest BCUT2D eigenvalue weighted by Gasteiger charge is -2.12. The van der Waals surface area contributed by atoms with Crippen LogP contribution in [0.5, 0.6) is 11.5 Å². The molecule has 0 unspecified atom stereocenters. The lowest BCUT2D eigenvalue weighted by atomic mass is 10.1. The summed E-state index contributed by atoms with van der Waals surface area (Å²) in [6.45, 7) is -0.379. The number of carbonyl (C=O) groups excluding carboxylic acids is 2. The minimum atomic E-state index is -0.793. The van der Waals surface area contributed by atoms with E-state index in [-0.39, 0.29) is 34.4 Å². The summed E-state index contributed by atoms with van der Waals surface area (Å²) < 4.78 is 28.7. The number of halogens is 2. The minimum Gasteiger partial charge on any atom is -0.493 e. The number of nitrogens with one attached hydrogen (secondary N) is 1. The summed E-state index contributed by atoms with van der Waals surface area (Å²) in [6.07, 6.45) is 1.26. The number of anilines is 1. The van der Waals surface area contributed by atoms with Gasteiger partial charge in [-0.2, -0.15) is 5.26 Å². The second kappa shape index (κ2) is 10.1. The molecule has 0 aliphatic carbocycles. The lowest BCUT2D eigenvalue weighted by molar-refractivity contribution is -0.142. The van der Waals surface area contributed by atoms with Gasteiger partial charge in [-0.3, -0.25) is 4.79 Å². The van der Waals surface area contributed by atoms with E-state index in [9.17, 15) is 19.2 Å². The maximum absolute atomic E-state index is 13.7. The van der Waals surface area contributed by atoms with Crippen LogP contribution in [-0.2, 0) is 14.3 Å². The van der Waals surface area contributed by atoms with Crippen molar-refractivity contribution in [3.8, 4) is 17.6 Å². The number of amides is 1. The van der Waals surface area contributed by atoms with Crippen LogP contribution in [0.1, 0.15) is 5.56 Å². The van der Waals surface area contributed by atoms with Gasteiger partial charge < -0.3 is 19.5 Å². The summed E-state index contributed by atoms with van der Waals surface area (Å²) in [5, 5.41) is 11.7. The van der Waals surface area contributed by atoms with Gasteiger partial charge in [0.1, 0.15) is 17.5 Å². The molecular weight excluding hydrogens is 403 g/mol. The van der Waals surface area contributed by atoms with Crippen molar-refractivity contribution in [1.82, 2.24) is 0 Å². The van der Waals surface area contributed by atoms with Gasteiger partial charge >= 0.3 is 5.97 Å². The van der Waals surface area contributed by atoms with E-state index in [2.05, 4.69) is 10.1 Å². The molecule has 2 aromatic carbocycles. The third-order valence-corrected chi connectivity index (χ3v) is 3.89. The topological polar surface area (TPSA) is 97.7 Å². The van der Waals surface area contributed by atoms with Crippen molar-refractivity contribution >= 4 is 35.2 Å². The molecule has 0 atom stereocenters. The van der Waals surface area contributed by atoms with Crippen LogP contribution < -0.4 is 14.8 Å². The summed E-state index contributed by atoms with van der Waals surface area (Å²) in [6, 6.07) is 10.2. The predicted molar refractivity (Wildman–Crippen MR) is 104 cm³/mol. The number of ether oxygens (including phenoxy) is 3. The van der Waals surface area contributed by atoms with Gasteiger partial charge in [0.25, 0.3) is 5.91 Å². The lowest BCUT2D eigenvalue weighted by Crippen LogP contribution is -2.14. The number of para-hydroxylation sites is 1. The van der Waals surface area contributed by atoms with Crippen molar-refractivity contribution in [3.05, 3.63) is 58.4 Å². The Hall–Kier alpha value is -3.57. The Kier molecular flexibility index (Phi) is 7.57.